The molecule has 0 saturated carbocycles. The summed E-state index contributed by atoms with van der Waals surface area (Å²) in [6.45, 7) is 10.2. The Morgan fingerprint density at radius 2 is 1.63 bits per heavy atom. The lowest BCUT2D eigenvalue weighted by Gasteiger charge is -2.31. The van der Waals surface area contributed by atoms with Gasteiger partial charge in [-0.1, -0.05) is 50.2 Å². The fraction of sp³-hybridized carbons (Fsp3) is 0.440. The van der Waals surface area contributed by atoms with Crippen LogP contribution in [0.1, 0.15) is 50.3 Å². The highest BCUT2D eigenvalue weighted by molar-refractivity contribution is 5.88. The van der Waals surface area contributed by atoms with Crippen molar-refractivity contribution in [3.05, 3.63) is 65.2 Å². The van der Waals surface area contributed by atoms with Gasteiger partial charge in [0.2, 0.25) is 5.91 Å². The molecule has 1 N–H and O–H groups in total. The Balaban J connectivity index is 2.20. The van der Waals surface area contributed by atoms with Gasteiger partial charge in [-0.05, 0) is 62.4 Å². The van der Waals surface area contributed by atoms with E-state index in [4.69, 9.17) is 4.74 Å². The van der Waals surface area contributed by atoms with Crippen molar-refractivity contribution in [2.45, 2.75) is 66.1 Å². The maximum absolute atomic E-state index is 13.2. The number of hydrogen-bond donors (Lipinski definition) is 1. The lowest BCUT2D eigenvalue weighted by molar-refractivity contribution is -0.143. The zero-order valence-electron chi connectivity index (χ0n) is 18.8. The van der Waals surface area contributed by atoms with Crippen molar-refractivity contribution in [1.29, 1.82) is 0 Å². The molecule has 0 aliphatic rings. The topological polar surface area (TPSA) is 58.6 Å². The Hall–Kier alpha value is -2.82. The molecule has 2 atom stereocenters. The van der Waals surface area contributed by atoms with Crippen LogP contribution in [0.3, 0.4) is 0 Å². The van der Waals surface area contributed by atoms with Crippen LogP contribution >= 0.6 is 0 Å². The normalized spacial score (nSPS) is 12.7. The number of benzene rings is 2. The third kappa shape index (κ3) is 6.90. The molecule has 2 aromatic rings. The Bertz CT molecular complexity index is 815. The first kappa shape index (κ1) is 23.5. The van der Waals surface area contributed by atoms with Gasteiger partial charge in [0.25, 0.3) is 5.91 Å². The summed E-state index contributed by atoms with van der Waals surface area (Å²) in [6, 6.07) is 15.1. The number of nitrogens with zero attached hydrogens (tertiary/aromatic N) is 1. The van der Waals surface area contributed by atoms with Crippen LogP contribution in [0.15, 0.2) is 48.5 Å². The van der Waals surface area contributed by atoms with E-state index in [2.05, 4.69) is 11.4 Å². The highest BCUT2D eigenvalue weighted by atomic mass is 16.5. The van der Waals surface area contributed by atoms with E-state index >= 15 is 0 Å². The van der Waals surface area contributed by atoms with Gasteiger partial charge in [-0.3, -0.25) is 9.59 Å². The van der Waals surface area contributed by atoms with Gasteiger partial charge < -0.3 is 15.0 Å². The maximum Gasteiger partial charge on any atom is 0.261 e. The molecule has 2 amide bonds. The van der Waals surface area contributed by atoms with Crippen LogP contribution in [0.2, 0.25) is 0 Å². The zero-order chi connectivity index (χ0) is 22.1. The first-order valence-corrected chi connectivity index (χ1v) is 10.7. The summed E-state index contributed by atoms with van der Waals surface area (Å²) >= 11 is 0. The van der Waals surface area contributed by atoms with Crippen molar-refractivity contribution in [2.24, 2.45) is 0 Å². The molecule has 0 radical (unpaired) electrons. The van der Waals surface area contributed by atoms with Gasteiger partial charge in [-0.2, -0.15) is 0 Å². The third-order valence-electron chi connectivity index (χ3n) is 5.14. The van der Waals surface area contributed by atoms with Crippen molar-refractivity contribution in [2.75, 3.05) is 6.61 Å². The van der Waals surface area contributed by atoms with Gasteiger partial charge >= 0.3 is 0 Å². The van der Waals surface area contributed by atoms with Gasteiger partial charge in [-0.25, -0.2) is 0 Å². The van der Waals surface area contributed by atoms with Crippen LogP contribution in [0.5, 0.6) is 5.75 Å². The third-order valence-corrected chi connectivity index (χ3v) is 5.14. The van der Waals surface area contributed by atoms with E-state index in [0.717, 1.165) is 23.1 Å². The molecule has 0 saturated heterocycles. The molecule has 0 aliphatic heterocycles. The van der Waals surface area contributed by atoms with Crippen LogP contribution in [0.4, 0.5) is 0 Å². The maximum atomic E-state index is 13.2. The molecule has 0 unspecified atom stereocenters. The zero-order valence-corrected chi connectivity index (χ0v) is 18.8. The molecule has 0 aromatic heterocycles. The molecule has 0 heterocycles. The lowest BCUT2D eigenvalue weighted by Crippen LogP contribution is -2.51. The van der Waals surface area contributed by atoms with Crippen molar-refractivity contribution in [3.8, 4) is 5.75 Å². The number of hydrogen-bond acceptors (Lipinski definition) is 3. The molecule has 0 bridgehead atoms. The molecule has 5 heteroatoms. The molecule has 2 rings (SSSR count). The van der Waals surface area contributed by atoms with Gasteiger partial charge in [0.1, 0.15) is 11.8 Å². The summed E-state index contributed by atoms with van der Waals surface area (Å²) in [5.41, 5.74) is 3.14. The summed E-state index contributed by atoms with van der Waals surface area (Å²) in [4.78, 5) is 27.7. The minimum Gasteiger partial charge on any atom is -0.484 e. The Kier molecular flexibility index (Phi) is 8.90. The minimum atomic E-state index is -0.547. The van der Waals surface area contributed by atoms with E-state index in [1.165, 1.54) is 0 Å². The van der Waals surface area contributed by atoms with Crippen LogP contribution in [0, 0.1) is 13.8 Å². The second kappa shape index (κ2) is 11.4. The number of carbonyl (C=O) groups is 2. The minimum absolute atomic E-state index is 0.0618. The van der Waals surface area contributed by atoms with Crippen molar-refractivity contribution in [3.63, 3.8) is 0 Å². The predicted octanol–water partition coefficient (Wildman–Crippen LogP) is 4.40. The van der Waals surface area contributed by atoms with Gasteiger partial charge in [0.05, 0.1) is 0 Å². The highest BCUT2D eigenvalue weighted by Crippen LogP contribution is 2.18. The smallest absolute Gasteiger partial charge is 0.261 e. The number of ether oxygens (including phenoxy) is 1. The number of aryl methyl sites for hydroxylation is 2. The quantitative estimate of drug-likeness (QED) is 0.631. The van der Waals surface area contributed by atoms with E-state index in [9.17, 15) is 9.59 Å². The molecule has 30 heavy (non-hydrogen) atoms. The second-order valence-corrected chi connectivity index (χ2v) is 7.86. The SMILES string of the molecule is CC[C@@H](C)NC(=O)[C@H](CC)N(Cc1ccccc1)C(=O)COc1cc(C)cc(C)c1. The first-order chi connectivity index (χ1) is 14.3. The largest absolute Gasteiger partial charge is 0.484 e. The molecular weight excluding hydrogens is 376 g/mol. The summed E-state index contributed by atoms with van der Waals surface area (Å²) in [6.07, 6.45) is 1.37. The highest BCUT2D eigenvalue weighted by Gasteiger charge is 2.29. The van der Waals surface area contributed by atoms with Crippen LogP contribution in [0.25, 0.3) is 0 Å². The van der Waals surface area contributed by atoms with Crippen molar-refractivity contribution < 1.29 is 14.3 Å². The van der Waals surface area contributed by atoms with Crippen LogP contribution in [-0.4, -0.2) is 35.4 Å². The van der Waals surface area contributed by atoms with Gasteiger partial charge in [-0.15, -0.1) is 0 Å². The molecular formula is C25H34N2O3. The van der Waals surface area contributed by atoms with Crippen LogP contribution in [-0.2, 0) is 16.1 Å². The summed E-state index contributed by atoms with van der Waals surface area (Å²) < 4.78 is 5.80. The number of carbonyl (C=O) groups excluding carboxylic acids is 2. The molecule has 0 aliphatic carbocycles. The fourth-order valence-electron chi connectivity index (χ4n) is 3.38. The number of amides is 2. The predicted molar refractivity (Wildman–Crippen MR) is 120 cm³/mol. The average molecular weight is 411 g/mol. The molecule has 0 spiro atoms. The molecule has 162 valence electrons. The fourth-order valence-corrected chi connectivity index (χ4v) is 3.38. The standard InChI is InChI=1S/C25H34N2O3/c1-6-20(5)26-25(29)23(7-2)27(16-21-11-9-8-10-12-21)24(28)17-30-22-14-18(3)13-19(4)15-22/h8-15,20,23H,6-7,16-17H2,1-5H3,(H,26,29)/t20-,23+/m1/s1. The average Bonchev–Trinajstić information content (AvgIpc) is 2.71. The van der Waals surface area contributed by atoms with Crippen molar-refractivity contribution >= 4 is 11.8 Å². The van der Waals surface area contributed by atoms with E-state index in [1.807, 2.05) is 77.1 Å². The Labute approximate surface area is 180 Å². The number of rotatable bonds is 10. The summed E-state index contributed by atoms with van der Waals surface area (Å²) in [7, 11) is 0. The molecule has 0 fully saturated rings. The van der Waals surface area contributed by atoms with E-state index in [-0.39, 0.29) is 24.5 Å². The van der Waals surface area contributed by atoms with Gasteiger partial charge in [0.15, 0.2) is 6.61 Å². The lowest BCUT2D eigenvalue weighted by atomic mass is 10.1. The second-order valence-electron chi connectivity index (χ2n) is 7.86. The Morgan fingerprint density at radius 1 is 1.00 bits per heavy atom. The van der Waals surface area contributed by atoms with E-state index < -0.39 is 6.04 Å². The molecule has 2 aromatic carbocycles. The monoisotopic (exact) mass is 410 g/mol. The summed E-state index contributed by atoms with van der Waals surface area (Å²) in [5, 5.41) is 3.02. The first-order valence-electron chi connectivity index (χ1n) is 10.7. The van der Waals surface area contributed by atoms with E-state index in [0.29, 0.717) is 18.7 Å². The summed E-state index contributed by atoms with van der Waals surface area (Å²) in [5.74, 6) is 0.337. The van der Waals surface area contributed by atoms with Crippen molar-refractivity contribution in [1.82, 2.24) is 10.2 Å². The van der Waals surface area contributed by atoms with Gasteiger partial charge in [0, 0.05) is 12.6 Å². The molecule has 5 nitrogen and oxygen atoms in total. The Morgan fingerprint density at radius 3 is 2.20 bits per heavy atom. The van der Waals surface area contributed by atoms with Crippen LogP contribution < -0.4 is 10.1 Å². The van der Waals surface area contributed by atoms with E-state index in [1.54, 1.807) is 4.90 Å². The number of nitrogens with one attached hydrogen (secondary N) is 1.